The van der Waals surface area contributed by atoms with E-state index in [4.69, 9.17) is 18.9 Å². The van der Waals surface area contributed by atoms with Crippen LogP contribution < -0.4 is 18.9 Å². The highest BCUT2D eigenvalue weighted by atomic mass is 16.6. The molecule has 0 aliphatic heterocycles. The summed E-state index contributed by atoms with van der Waals surface area (Å²) in [5, 5.41) is 25.4. The molecule has 0 bridgehead atoms. The molecule has 0 saturated carbocycles. The van der Waals surface area contributed by atoms with Gasteiger partial charge < -0.3 is 18.9 Å². The molecule has 0 aromatic heterocycles. The topological polar surface area (TPSA) is 157 Å². The molecule has 0 unspecified atom stereocenters. The summed E-state index contributed by atoms with van der Waals surface area (Å²) >= 11 is 0. The number of hydrogen-bond acceptors (Lipinski definition) is 10. The maximum absolute atomic E-state index is 13.4. The fourth-order valence-electron chi connectivity index (χ4n) is 11.3. The van der Waals surface area contributed by atoms with Gasteiger partial charge in [0.15, 0.2) is 0 Å². The van der Waals surface area contributed by atoms with Crippen molar-refractivity contribution < 1.29 is 38.4 Å². The minimum Gasteiger partial charge on any atom is -0.494 e. The number of ether oxygens (including phenoxy) is 4. The summed E-state index contributed by atoms with van der Waals surface area (Å²) in [7, 11) is 0. The summed E-state index contributed by atoms with van der Waals surface area (Å²) in [6, 6.07) is 15.8. The quantitative estimate of drug-likeness (QED) is 0.0137. The zero-order chi connectivity index (χ0) is 59.2. The number of esters is 2. The maximum Gasteiger partial charge on any atom is 0.343 e. The molecule has 0 atom stereocenters. The second-order valence-corrected chi connectivity index (χ2v) is 23.1. The Hall–Kier alpha value is -5.78. The number of nitro benzene ring substituents is 2. The van der Waals surface area contributed by atoms with Crippen LogP contribution in [0.4, 0.5) is 11.4 Å². The molecule has 4 aromatic carbocycles. The third-order valence-electron chi connectivity index (χ3n) is 16.1. The van der Waals surface area contributed by atoms with E-state index < -0.39 is 33.2 Å². The van der Waals surface area contributed by atoms with Crippen LogP contribution in [0.1, 0.15) is 288 Å². The Labute approximate surface area is 493 Å². The molecule has 82 heavy (non-hydrogen) atoms. The Morgan fingerprint density at radius 2 is 0.598 bits per heavy atom. The lowest BCUT2D eigenvalue weighted by molar-refractivity contribution is -0.386. The zero-order valence-corrected chi connectivity index (χ0v) is 51.6. The van der Waals surface area contributed by atoms with Gasteiger partial charge in [-0.3, -0.25) is 20.2 Å². The average molecular weight is 1130 g/mol. The fraction of sp³-hybridized carbons (Fsp3) is 0.629. The minimum atomic E-state index is -0.781. The van der Waals surface area contributed by atoms with Gasteiger partial charge in [0.05, 0.1) is 34.2 Å². The Morgan fingerprint density at radius 1 is 0.366 bits per heavy atom. The molecule has 0 aliphatic rings. The van der Waals surface area contributed by atoms with Gasteiger partial charge in [0.25, 0.3) is 0 Å². The predicted molar refractivity (Wildman–Crippen MR) is 335 cm³/mol. The van der Waals surface area contributed by atoms with Crippen molar-refractivity contribution in [3.05, 3.63) is 114 Å². The number of rotatable bonds is 47. The van der Waals surface area contributed by atoms with Crippen molar-refractivity contribution in [2.24, 2.45) is 0 Å². The first kappa shape index (κ1) is 68.7. The molecule has 4 aromatic rings. The van der Waals surface area contributed by atoms with Gasteiger partial charge in [-0.2, -0.15) is 0 Å². The largest absolute Gasteiger partial charge is 0.494 e. The van der Waals surface area contributed by atoms with Gasteiger partial charge in [0.1, 0.15) is 11.5 Å². The SMILES string of the molecule is CCCCCCCCCCCCCCCCCCCCOc1ccc(C(=O)Oc2cc(C)c(-c3c(C)cc(OC(=O)c4ccc(OCCCCCCCCCCCCCCCCCCCC)cc4)c([N+](=O)[O-])c3C)c(C)c2[N+](=O)[O-])cc1. The van der Waals surface area contributed by atoms with Crippen molar-refractivity contribution >= 4 is 23.3 Å². The molecular weight excluding hydrogens is 1030 g/mol. The Bertz CT molecular complexity index is 2300. The van der Waals surface area contributed by atoms with Crippen molar-refractivity contribution in [1.82, 2.24) is 0 Å². The molecule has 0 N–H and O–H groups in total. The molecule has 0 aliphatic carbocycles. The van der Waals surface area contributed by atoms with Crippen LogP contribution in [0.15, 0.2) is 60.7 Å². The first-order valence-electron chi connectivity index (χ1n) is 32.3. The standard InChI is InChI=1S/C70H104N2O10/c1-7-9-11-13-15-17-19-21-23-25-27-29-31-33-35-37-39-41-51-79-61-47-43-59(44-48-61)69(73)81-63-53-55(3)65(57(5)67(63)71(75)76)66-56(4)54-64(68(58(66)6)72(77)78)82-70(74)60-45-49-62(50-46-60)80-52-42-40-38-36-34-32-30-28-26-24-22-20-18-16-14-12-10-8-2/h43-50,53-54H,7-42,51-52H2,1-6H3. The third kappa shape index (κ3) is 25.8. The van der Waals surface area contributed by atoms with E-state index in [-0.39, 0.29) is 33.8 Å². The predicted octanol–water partition coefficient (Wildman–Crippen LogP) is 21.7. The van der Waals surface area contributed by atoms with Crippen molar-refractivity contribution in [3.63, 3.8) is 0 Å². The third-order valence-corrected chi connectivity index (χ3v) is 16.1. The average Bonchev–Trinajstić information content (AvgIpc) is 3.42. The monoisotopic (exact) mass is 1130 g/mol. The van der Waals surface area contributed by atoms with E-state index in [1.165, 1.54) is 231 Å². The number of nitro groups is 2. The summed E-state index contributed by atoms with van der Waals surface area (Å²) in [6.45, 7) is 12.1. The Morgan fingerprint density at radius 3 is 0.829 bits per heavy atom. The van der Waals surface area contributed by atoms with E-state index in [1.54, 1.807) is 62.4 Å². The number of hydrogen-bond donors (Lipinski definition) is 0. The number of carbonyl (C=O) groups excluding carboxylic acids is 2. The minimum absolute atomic E-state index is 0.156. The lowest BCUT2D eigenvalue weighted by Crippen LogP contribution is -2.12. The highest BCUT2D eigenvalue weighted by molar-refractivity contribution is 5.94. The van der Waals surface area contributed by atoms with Crippen LogP contribution in [0.2, 0.25) is 0 Å². The van der Waals surface area contributed by atoms with Crippen molar-refractivity contribution in [1.29, 1.82) is 0 Å². The maximum atomic E-state index is 13.4. The van der Waals surface area contributed by atoms with Crippen LogP contribution in [-0.4, -0.2) is 35.0 Å². The molecule has 0 fully saturated rings. The van der Waals surface area contributed by atoms with Crippen molar-refractivity contribution in [2.75, 3.05) is 13.2 Å². The highest BCUT2D eigenvalue weighted by Crippen LogP contribution is 2.46. The molecule has 12 nitrogen and oxygen atoms in total. The number of benzene rings is 4. The van der Waals surface area contributed by atoms with E-state index in [0.29, 0.717) is 47.0 Å². The normalized spacial score (nSPS) is 11.2. The van der Waals surface area contributed by atoms with Gasteiger partial charge in [-0.15, -0.1) is 0 Å². The van der Waals surface area contributed by atoms with E-state index in [1.807, 2.05) is 0 Å². The van der Waals surface area contributed by atoms with E-state index >= 15 is 0 Å². The molecule has 12 heteroatoms. The summed E-state index contributed by atoms with van der Waals surface area (Å²) in [5.74, 6) is -0.826. The molecular formula is C70H104N2O10. The smallest absolute Gasteiger partial charge is 0.343 e. The van der Waals surface area contributed by atoms with Gasteiger partial charge in [-0.05, 0) is 123 Å². The molecule has 4 rings (SSSR count). The number of carbonyl (C=O) groups is 2. The van der Waals surface area contributed by atoms with Gasteiger partial charge in [0, 0.05) is 11.1 Å². The van der Waals surface area contributed by atoms with Crippen LogP contribution in [0, 0.1) is 47.9 Å². The summed E-state index contributed by atoms with van der Waals surface area (Å²) in [4.78, 5) is 51.0. The van der Waals surface area contributed by atoms with Gasteiger partial charge in [-0.25, -0.2) is 9.59 Å². The molecule has 0 radical (unpaired) electrons. The van der Waals surface area contributed by atoms with Crippen LogP contribution >= 0.6 is 0 Å². The second kappa shape index (κ2) is 41.3. The first-order chi connectivity index (χ1) is 39.9. The van der Waals surface area contributed by atoms with Gasteiger partial charge in [-0.1, -0.05) is 232 Å². The number of unbranched alkanes of at least 4 members (excludes halogenated alkanes) is 34. The fourth-order valence-corrected chi connectivity index (χ4v) is 11.3. The second-order valence-electron chi connectivity index (χ2n) is 23.1. The summed E-state index contributed by atoms with van der Waals surface area (Å²) in [5.41, 5.74) is 1.53. The summed E-state index contributed by atoms with van der Waals surface area (Å²) < 4.78 is 23.3. The Balaban J connectivity index is 1.19. The molecule has 0 saturated heterocycles. The molecule has 454 valence electrons. The lowest BCUT2D eigenvalue weighted by Gasteiger charge is -2.19. The summed E-state index contributed by atoms with van der Waals surface area (Å²) in [6.07, 6.45) is 47.3. The first-order valence-corrected chi connectivity index (χ1v) is 32.3. The van der Waals surface area contributed by atoms with E-state index in [2.05, 4.69) is 13.8 Å². The van der Waals surface area contributed by atoms with Crippen LogP contribution in [0.25, 0.3) is 11.1 Å². The van der Waals surface area contributed by atoms with Crippen molar-refractivity contribution in [3.8, 4) is 34.1 Å². The molecule has 0 heterocycles. The van der Waals surface area contributed by atoms with Crippen LogP contribution in [0.5, 0.6) is 23.0 Å². The molecule has 0 amide bonds. The van der Waals surface area contributed by atoms with Gasteiger partial charge >= 0.3 is 23.3 Å². The lowest BCUT2D eigenvalue weighted by atomic mass is 9.87. The van der Waals surface area contributed by atoms with Crippen LogP contribution in [-0.2, 0) is 0 Å². The van der Waals surface area contributed by atoms with E-state index in [0.717, 1.165) is 25.7 Å². The zero-order valence-electron chi connectivity index (χ0n) is 51.6. The molecule has 0 spiro atoms. The van der Waals surface area contributed by atoms with Crippen molar-refractivity contribution in [2.45, 2.75) is 273 Å². The number of nitrogens with zero attached hydrogens (tertiary/aromatic N) is 2. The van der Waals surface area contributed by atoms with Gasteiger partial charge in [0.2, 0.25) is 11.5 Å². The number of aryl methyl sites for hydroxylation is 2. The van der Waals surface area contributed by atoms with E-state index in [9.17, 15) is 29.8 Å². The van der Waals surface area contributed by atoms with Crippen LogP contribution in [0.3, 0.4) is 0 Å². The highest BCUT2D eigenvalue weighted by Gasteiger charge is 2.32. The Kier molecular flexibility index (Phi) is 34.6.